The molecular weight excluding hydrogens is 596 g/mol. The van der Waals surface area contributed by atoms with E-state index in [-0.39, 0.29) is 29.5 Å². The van der Waals surface area contributed by atoms with Gasteiger partial charge in [-0.25, -0.2) is 19.6 Å². The molecule has 0 aliphatic carbocycles. The lowest BCUT2D eigenvalue weighted by molar-refractivity contribution is -0.384. The first kappa shape index (κ1) is 31.0. The predicted octanol–water partition coefficient (Wildman–Crippen LogP) is 1.05. The summed E-state index contributed by atoms with van der Waals surface area (Å²) in [5.41, 5.74) is 0.654. The summed E-state index contributed by atoms with van der Waals surface area (Å²) in [6.45, 7) is 1.84. The third kappa shape index (κ3) is 5.75. The first-order valence-electron chi connectivity index (χ1n) is 13.3. The van der Waals surface area contributed by atoms with Crippen molar-refractivity contribution in [3.8, 4) is 23.1 Å². The van der Waals surface area contributed by atoms with E-state index >= 15 is 0 Å². The van der Waals surface area contributed by atoms with Crippen molar-refractivity contribution >= 4 is 34.4 Å². The molecule has 3 aromatic heterocycles. The number of aliphatic carboxylic acids is 1. The smallest absolute Gasteiger partial charge is 0.335 e. The van der Waals surface area contributed by atoms with Crippen molar-refractivity contribution < 1.29 is 44.4 Å². The highest BCUT2D eigenvalue weighted by Crippen LogP contribution is 2.36. The number of fused-ring (bicyclic) bond motifs is 1. The van der Waals surface area contributed by atoms with Crippen molar-refractivity contribution in [3.05, 3.63) is 59.3 Å². The molecule has 0 unspecified atom stereocenters. The summed E-state index contributed by atoms with van der Waals surface area (Å²) >= 11 is 0. The summed E-state index contributed by atoms with van der Waals surface area (Å²) in [6, 6.07) is 5.94. The molecule has 1 amide bonds. The number of non-ortho nitro benzene ring substituents is 1. The number of anilines is 1. The fourth-order valence-electron chi connectivity index (χ4n) is 4.78. The van der Waals surface area contributed by atoms with Crippen LogP contribution >= 0.6 is 0 Å². The second kappa shape index (κ2) is 12.3. The number of amides is 1. The molecule has 234 valence electrons. The molecule has 0 saturated carbocycles. The number of hydrogen-bond acceptors (Lipinski definition) is 13. The Labute approximate surface area is 253 Å². The molecule has 1 aliphatic rings. The third-order valence-electron chi connectivity index (χ3n) is 7.26. The van der Waals surface area contributed by atoms with E-state index < -0.39 is 53.3 Å². The van der Waals surface area contributed by atoms with Crippen LogP contribution in [-0.4, -0.2) is 99.4 Å². The maximum absolute atomic E-state index is 13.8. The first-order chi connectivity index (χ1) is 21.4. The Bertz CT molecular complexity index is 1820. The zero-order valence-electron chi connectivity index (χ0n) is 23.6. The summed E-state index contributed by atoms with van der Waals surface area (Å²) in [7, 11) is 1.29. The number of nitrogens with zero attached hydrogens (tertiary/aromatic N) is 8. The van der Waals surface area contributed by atoms with Gasteiger partial charge in [0.1, 0.15) is 30.4 Å². The minimum Gasteiger partial charge on any atom is -0.479 e. The lowest BCUT2D eigenvalue weighted by Gasteiger charge is -2.38. The van der Waals surface area contributed by atoms with E-state index in [1.54, 1.807) is 23.1 Å². The van der Waals surface area contributed by atoms with Gasteiger partial charge in [-0.3, -0.25) is 24.3 Å². The molecule has 18 nitrogen and oxygen atoms in total. The molecule has 45 heavy (non-hydrogen) atoms. The van der Waals surface area contributed by atoms with E-state index in [1.807, 2.05) is 6.92 Å². The Morgan fingerprint density at radius 1 is 1.22 bits per heavy atom. The van der Waals surface area contributed by atoms with Crippen LogP contribution in [0.2, 0.25) is 0 Å². The van der Waals surface area contributed by atoms with Crippen LogP contribution in [-0.2, 0) is 9.53 Å². The van der Waals surface area contributed by atoms with Crippen LogP contribution < -0.4 is 9.64 Å². The van der Waals surface area contributed by atoms with Crippen molar-refractivity contribution in [2.45, 2.75) is 50.1 Å². The normalized spacial score (nSPS) is 22.0. The predicted molar refractivity (Wildman–Crippen MR) is 151 cm³/mol. The highest BCUT2D eigenvalue weighted by atomic mass is 16.7. The molecule has 1 aliphatic heterocycles. The van der Waals surface area contributed by atoms with E-state index in [0.717, 1.165) is 23.1 Å². The average molecular weight is 623 g/mol. The average Bonchev–Trinajstić information content (AvgIpc) is 3.69. The molecule has 5 rings (SSSR count). The van der Waals surface area contributed by atoms with Crippen LogP contribution in [0.5, 0.6) is 5.75 Å². The van der Waals surface area contributed by atoms with Gasteiger partial charge in [0.25, 0.3) is 5.69 Å². The number of aromatic nitrogens is 5. The molecule has 0 spiro atoms. The fraction of sp³-hybridized carbons (Fsp3) is 0.333. The lowest BCUT2D eigenvalue weighted by atomic mass is 9.99. The Hall–Kier alpha value is -5.48. The summed E-state index contributed by atoms with van der Waals surface area (Å²) in [5.74, 6) is -1.89. The maximum Gasteiger partial charge on any atom is 0.335 e. The van der Waals surface area contributed by atoms with E-state index in [1.165, 1.54) is 24.1 Å². The summed E-state index contributed by atoms with van der Waals surface area (Å²) in [6.07, 6.45) is -3.45. The molecule has 1 aromatic carbocycles. The molecule has 0 radical (unpaired) electrons. The first-order valence-corrected chi connectivity index (χ1v) is 13.3. The van der Waals surface area contributed by atoms with E-state index in [4.69, 9.17) is 14.7 Å². The van der Waals surface area contributed by atoms with E-state index in [0.29, 0.717) is 16.6 Å². The second-order valence-corrected chi connectivity index (χ2v) is 10.2. The number of carbonyl (C=O) groups is 2. The zero-order chi connectivity index (χ0) is 32.6. The monoisotopic (exact) mass is 622 g/mol. The van der Waals surface area contributed by atoms with Gasteiger partial charge in [-0.05, 0) is 19.1 Å². The summed E-state index contributed by atoms with van der Waals surface area (Å²) in [5, 5.41) is 65.3. The van der Waals surface area contributed by atoms with Crippen molar-refractivity contribution in [2.75, 3.05) is 11.9 Å². The number of aliphatic hydroxyl groups is 3. The number of carboxylic acids is 1. The van der Waals surface area contributed by atoms with Crippen molar-refractivity contribution in [1.29, 1.82) is 5.26 Å². The molecule has 1 fully saturated rings. The van der Waals surface area contributed by atoms with Gasteiger partial charge in [0.05, 0.1) is 41.0 Å². The van der Waals surface area contributed by atoms with Crippen LogP contribution in [0.25, 0.3) is 22.3 Å². The summed E-state index contributed by atoms with van der Waals surface area (Å²) in [4.78, 5) is 45.8. The van der Waals surface area contributed by atoms with Gasteiger partial charge in [-0.1, -0.05) is 0 Å². The van der Waals surface area contributed by atoms with Gasteiger partial charge in [0.15, 0.2) is 11.8 Å². The highest BCUT2D eigenvalue weighted by molar-refractivity contribution is 6.02. The second-order valence-electron chi connectivity index (χ2n) is 10.2. The number of aliphatic hydroxyl groups excluding tert-OH is 3. The van der Waals surface area contributed by atoms with Gasteiger partial charge < -0.3 is 29.9 Å². The van der Waals surface area contributed by atoms with Gasteiger partial charge in [0.2, 0.25) is 6.29 Å². The number of benzene rings is 1. The standard InChI is InChI=1S/C27H26N8O10/c1-13(5-7-28)34-11-14(10-31-34)19-16-6-8-33(24(16)30-12-29-19)27(41)32(2)17-9-15(35(42)43)3-4-18(17)44-26-22(38)20(36)21(37)23(45-26)25(39)40/h3-4,6,8-13,20-23,26,36-38H,5H2,1-2H3,(H,39,40)/t13-,20-,21-,22+,23-,26+/m0/s1. The number of carbonyl (C=O) groups excluding carboxylic acids is 1. The van der Waals surface area contributed by atoms with Gasteiger partial charge in [-0.2, -0.15) is 10.4 Å². The number of ether oxygens (including phenoxy) is 2. The molecule has 18 heteroatoms. The minimum absolute atomic E-state index is 0.179. The SMILES string of the molecule is C[C@@H](CC#N)n1cc(-c2ncnc3c2ccn3C(=O)N(C)c2cc([N+](=O)[O-])ccc2O[C@@H]2O[C@H](C(=O)O)[C@@H](O)[C@H](O)[C@H]2O)cn1. The molecule has 4 heterocycles. The largest absolute Gasteiger partial charge is 0.479 e. The van der Waals surface area contributed by atoms with Crippen LogP contribution in [0.15, 0.2) is 49.2 Å². The third-order valence-corrected chi connectivity index (χ3v) is 7.26. The number of nitro benzene ring substituents is 1. The highest BCUT2D eigenvalue weighted by Gasteiger charge is 2.48. The van der Waals surface area contributed by atoms with Gasteiger partial charge in [0, 0.05) is 42.5 Å². The fourth-order valence-corrected chi connectivity index (χ4v) is 4.78. The lowest BCUT2D eigenvalue weighted by Crippen LogP contribution is -2.61. The molecule has 4 N–H and O–H groups in total. The van der Waals surface area contributed by atoms with Crippen LogP contribution in [0.4, 0.5) is 16.2 Å². The van der Waals surface area contributed by atoms with Crippen molar-refractivity contribution in [1.82, 2.24) is 24.3 Å². The maximum atomic E-state index is 13.8. The molecular formula is C27H26N8O10. The van der Waals surface area contributed by atoms with Gasteiger partial charge in [-0.15, -0.1) is 0 Å². The molecule has 6 atom stereocenters. The van der Waals surface area contributed by atoms with Crippen LogP contribution in [0.3, 0.4) is 0 Å². The topological polar surface area (TPSA) is 252 Å². The number of hydrogen-bond donors (Lipinski definition) is 4. The van der Waals surface area contributed by atoms with Crippen molar-refractivity contribution in [2.24, 2.45) is 0 Å². The summed E-state index contributed by atoms with van der Waals surface area (Å²) < 4.78 is 13.6. The van der Waals surface area contributed by atoms with Crippen LogP contribution in [0.1, 0.15) is 19.4 Å². The number of rotatable bonds is 8. The number of carboxylic acid groups (broad SMARTS) is 1. The van der Waals surface area contributed by atoms with Crippen molar-refractivity contribution in [3.63, 3.8) is 0 Å². The van der Waals surface area contributed by atoms with Gasteiger partial charge >= 0.3 is 12.0 Å². The van der Waals surface area contributed by atoms with E-state index in [9.17, 15) is 40.1 Å². The zero-order valence-corrected chi connectivity index (χ0v) is 23.6. The Morgan fingerprint density at radius 2 is 1.98 bits per heavy atom. The quantitative estimate of drug-likeness (QED) is 0.158. The number of nitriles is 1. The molecule has 0 bridgehead atoms. The Kier molecular flexibility index (Phi) is 8.43. The van der Waals surface area contributed by atoms with E-state index in [2.05, 4.69) is 21.1 Å². The number of nitro groups is 1. The minimum atomic E-state index is -1.97. The molecule has 4 aromatic rings. The Morgan fingerprint density at radius 3 is 2.67 bits per heavy atom. The van der Waals surface area contributed by atoms with Crippen LogP contribution in [0, 0.1) is 21.4 Å². The Balaban J connectivity index is 1.49. The molecule has 1 saturated heterocycles.